The third kappa shape index (κ3) is 4.50. The number of hydrogen-bond acceptors (Lipinski definition) is 4. The lowest BCUT2D eigenvalue weighted by Crippen LogP contribution is -2.14. The number of nitrogens with two attached hydrogens (primary N) is 1. The summed E-state index contributed by atoms with van der Waals surface area (Å²) in [6.07, 6.45) is 1.36. The second-order valence-corrected chi connectivity index (χ2v) is 5.28. The summed E-state index contributed by atoms with van der Waals surface area (Å²) in [4.78, 5) is 12.1. The van der Waals surface area contributed by atoms with Gasteiger partial charge in [0.2, 0.25) is 0 Å². The molecule has 2 aromatic carbocycles. The largest absolute Gasteiger partial charge is 0.398 e. The SMILES string of the molecule is Cc1ccc(N/C=C(/C#N)C(=O)Nc2ccc(N)c(Cl)c2)cc1. The molecule has 2 aromatic rings. The lowest BCUT2D eigenvalue weighted by Gasteiger charge is -2.07. The molecule has 0 heterocycles. The van der Waals surface area contributed by atoms with E-state index < -0.39 is 5.91 Å². The molecule has 1 amide bonds. The first-order valence-electron chi connectivity index (χ1n) is 6.79. The monoisotopic (exact) mass is 326 g/mol. The molecule has 4 N–H and O–H groups in total. The molecule has 23 heavy (non-hydrogen) atoms. The van der Waals surface area contributed by atoms with Gasteiger partial charge in [-0.15, -0.1) is 0 Å². The Balaban J connectivity index is 2.08. The number of carbonyl (C=O) groups excluding carboxylic acids is 1. The van der Waals surface area contributed by atoms with Crippen LogP contribution in [0.5, 0.6) is 0 Å². The van der Waals surface area contributed by atoms with Gasteiger partial charge in [0.05, 0.1) is 10.7 Å². The molecule has 6 heteroatoms. The van der Waals surface area contributed by atoms with Crippen LogP contribution in [0.3, 0.4) is 0 Å². The summed E-state index contributed by atoms with van der Waals surface area (Å²) in [6.45, 7) is 1.98. The van der Waals surface area contributed by atoms with Gasteiger partial charge in [0.15, 0.2) is 0 Å². The maximum absolute atomic E-state index is 12.1. The predicted molar refractivity (Wildman–Crippen MR) is 93.0 cm³/mol. The predicted octanol–water partition coefficient (Wildman–Crippen LogP) is 3.69. The maximum Gasteiger partial charge on any atom is 0.267 e. The first kappa shape index (κ1) is 16.4. The van der Waals surface area contributed by atoms with Gasteiger partial charge in [-0.05, 0) is 37.3 Å². The van der Waals surface area contributed by atoms with Crippen LogP contribution in [0.15, 0.2) is 54.2 Å². The van der Waals surface area contributed by atoms with Crippen LogP contribution in [0.1, 0.15) is 5.56 Å². The van der Waals surface area contributed by atoms with Crippen molar-refractivity contribution in [1.82, 2.24) is 0 Å². The van der Waals surface area contributed by atoms with Crippen molar-refractivity contribution in [2.45, 2.75) is 6.92 Å². The molecule has 116 valence electrons. The third-order valence-corrected chi connectivity index (χ3v) is 3.39. The number of halogens is 1. The van der Waals surface area contributed by atoms with E-state index in [1.54, 1.807) is 12.1 Å². The molecule has 0 bridgehead atoms. The Kier molecular flexibility index (Phi) is 5.23. The van der Waals surface area contributed by atoms with Gasteiger partial charge in [-0.1, -0.05) is 29.3 Å². The second-order valence-electron chi connectivity index (χ2n) is 4.87. The first-order valence-corrected chi connectivity index (χ1v) is 7.17. The standard InChI is InChI=1S/C17H15ClN4O/c1-11-2-4-13(5-3-11)21-10-12(9-19)17(23)22-14-6-7-16(20)15(18)8-14/h2-8,10,21H,20H2,1H3,(H,22,23)/b12-10-. The zero-order valence-electron chi connectivity index (χ0n) is 12.4. The minimum atomic E-state index is -0.534. The van der Waals surface area contributed by atoms with E-state index >= 15 is 0 Å². The van der Waals surface area contributed by atoms with E-state index in [2.05, 4.69) is 10.6 Å². The minimum Gasteiger partial charge on any atom is -0.398 e. The number of benzene rings is 2. The highest BCUT2D eigenvalue weighted by molar-refractivity contribution is 6.33. The highest BCUT2D eigenvalue weighted by atomic mass is 35.5. The molecule has 0 aliphatic carbocycles. The number of nitrogens with one attached hydrogen (secondary N) is 2. The third-order valence-electron chi connectivity index (χ3n) is 3.06. The maximum atomic E-state index is 12.1. The molecule has 0 aliphatic rings. The van der Waals surface area contributed by atoms with E-state index in [0.29, 0.717) is 16.4 Å². The van der Waals surface area contributed by atoms with E-state index in [4.69, 9.17) is 22.6 Å². The average Bonchev–Trinajstić information content (AvgIpc) is 2.53. The number of amides is 1. The van der Waals surface area contributed by atoms with Crippen molar-refractivity contribution in [3.8, 4) is 6.07 Å². The molecule has 2 rings (SSSR count). The van der Waals surface area contributed by atoms with Crippen LogP contribution in [0, 0.1) is 18.3 Å². The van der Waals surface area contributed by atoms with Crippen LogP contribution < -0.4 is 16.4 Å². The lowest BCUT2D eigenvalue weighted by molar-refractivity contribution is -0.112. The first-order chi connectivity index (χ1) is 11.0. The highest BCUT2D eigenvalue weighted by Crippen LogP contribution is 2.22. The Bertz CT molecular complexity index is 791. The van der Waals surface area contributed by atoms with E-state index in [0.717, 1.165) is 11.3 Å². The number of carbonyl (C=O) groups is 1. The molecule has 0 saturated carbocycles. The molecule has 0 fully saturated rings. The number of nitriles is 1. The summed E-state index contributed by atoms with van der Waals surface area (Å²) in [7, 11) is 0. The fraction of sp³-hybridized carbons (Fsp3) is 0.0588. The zero-order chi connectivity index (χ0) is 16.8. The number of rotatable bonds is 4. The Labute approximate surface area is 139 Å². The number of hydrogen-bond donors (Lipinski definition) is 3. The van der Waals surface area contributed by atoms with Gasteiger partial charge >= 0.3 is 0 Å². The summed E-state index contributed by atoms with van der Waals surface area (Å²) in [5.41, 5.74) is 8.34. The van der Waals surface area contributed by atoms with Crippen molar-refractivity contribution in [2.24, 2.45) is 0 Å². The van der Waals surface area contributed by atoms with Crippen LogP contribution in [0.4, 0.5) is 17.1 Å². The minimum absolute atomic E-state index is 0.0569. The zero-order valence-corrected chi connectivity index (χ0v) is 13.2. The lowest BCUT2D eigenvalue weighted by atomic mass is 10.2. The molecule has 5 nitrogen and oxygen atoms in total. The normalized spacial score (nSPS) is 10.7. The molecule has 0 saturated heterocycles. The van der Waals surface area contributed by atoms with E-state index in [1.807, 2.05) is 37.3 Å². The summed E-state index contributed by atoms with van der Waals surface area (Å²) >= 11 is 5.90. The second kappa shape index (κ2) is 7.34. The van der Waals surface area contributed by atoms with Gasteiger partial charge in [0.1, 0.15) is 11.6 Å². The summed E-state index contributed by atoms with van der Waals surface area (Å²) in [5.74, 6) is -0.534. The van der Waals surface area contributed by atoms with E-state index in [9.17, 15) is 4.79 Å². The Morgan fingerprint density at radius 2 is 1.87 bits per heavy atom. The quantitative estimate of drug-likeness (QED) is 0.454. The number of nitrogen functional groups attached to an aromatic ring is 1. The van der Waals surface area contributed by atoms with Gasteiger partial charge in [-0.2, -0.15) is 5.26 Å². The smallest absolute Gasteiger partial charge is 0.267 e. The van der Waals surface area contributed by atoms with Crippen molar-refractivity contribution in [3.63, 3.8) is 0 Å². The van der Waals surface area contributed by atoms with Crippen LogP contribution >= 0.6 is 11.6 Å². The Hall–Kier alpha value is -2.97. The van der Waals surface area contributed by atoms with E-state index in [1.165, 1.54) is 12.3 Å². The van der Waals surface area contributed by atoms with Gasteiger partial charge in [0.25, 0.3) is 5.91 Å². The van der Waals surface area contributed by atoms with Gasteiger partial charge < -0.3 is 16.4 Å². The van der Waals surface area contributed by atoms with Gasteiger partial charge in [-0.3, -0.25) is 4.79 Å². The molecule has 0 aromatic heterocycles. The van der Waals surface area contributed by atoms with Crippen molar-refractivity contribution in [3.05, 3.63) is 64.8 Å². The summed E-state index contributed by atoms with van der Waals surface area (Å²) in [5, 5.41) is 15.0. The molecule has 0 atom stereocenters. The highest BCUT2D eigenvalue weighted by Gasteiger charge is 2.10. The number of anilines is 3. The van der Waals surface area contributed by atoms with Crippen LogP contribution in [-0.4, -0.2) is 5.91 Å². The van der Waals surface area contributed by atoms with E-state index in [-0.39, 0.29) is 5.57 Å². The molecule has 0 unspecified atom stereocenters. The summed E-state index contributed by atoms with van der Waals surface area (Å²) < 4.78 is 0. The fourth-order valence-corrected chi connectivity index (χ4v) is 1.94. The Morgan fingerprint density at radius 3 is 2.48 bits per heavy atom. The average molecular weight is 327 g/mol. The van der Waals surface area contributed by atoms with Crippen LogP contribution in [0.2, 0.25) is 5.02 Å². The summed E-state index contributed by atoms with van der Waals surface area (Å²) in [6, 6.07) is 14.2. The number of aryl methyl sites for hydroxylation is 1. The van der Waals surface area contributed by atoms with Crippen molar-refractivity contribution < 1.29 is 4.79 Å². The molecule has 0 radical (unpaired) electrons. The molecular weight excluding hydrogens is 312 g/mol. The van der Waals surface area contributed by atoms with Crippen molar-refractivity contribution in [1.29, 1.82) is 5.26 Å². The molecule has 0 spiro atoms. The van der Waals surface area contributed by atoms with Gasteiger partial charge in [0, 0.05) is 17.6 Å². The number of nitrogens with zero attached hydrogens (tertiary/aromatic N) is 1. The molecular formula is C17H15ClN4O. The van der Waals surface area contributed by atoms with Crippen molar-refractivity contribution >= 4 is 34.6 Å². The molecule has 0 aliphatic heterocycles. The topological polar surface area (TPSA) is 90.9 Å². The van der Waals surface area contributed by atoms with Crippen LogP contribution in [-0.2, 0) is 4.79 Å². The Morgan fingerprint density at radius 1 is 1.22 bits per heavy atom. The van der Waals surface area contributed by atoms with Gasteiger partial charge in [-0.25, -0.2) is 0 Å². The van der Waals surface area contributed by atoms with Crippen LogP contribution in [0.25, 0.3) is 0 Å². The fourth-order valence-electron chi connectivity index (χ4n) is 1.76. The van der Waals surface area contributed by atoms with Crippen molar-refractivity contribution in [2.75, 3.05) is 16.4 Å².